The number of benzene rings is 2. The third-order valence-corrected chi connectivity index (χ3v) is 4.92. The van der Waals surface area contributed by atoms with Crippen LogP contribution in [0.3, 0.4) is 0 Å². The SMILES string of the molecule is CCc1ccccc1CN1C(=O)C(=O)c2cc(S(=O)(=O)O)ccc21. The Hall–Kier alpha value is -2.51. The molecule has 0 spiro atoms. The van der Waals surface area contributed by atoms with E-state index in [1.807, 2.05) is 31.2 Å². The quantitative estimate of drug-likeness (QED) is 0.678. The Morgan fingerprint density at radius 1 is 1.04 bits per heavy atom. The Labute approximate surface area is 139 Å². The molecular formula is C17H15NO5S. The highest BCUT2D eigenvalue weighted by molar-refractivity contribution is 7.85. The first kappa shape index (κ1) is 16.4. The highest BCUT2D eigenvalue weighted by atomic mass is 32.2. The van der Waals surface area contributed by atoms with Crippen molar-refractivity contribution in [1.82, 2.24) is 0 Å². The topological polar surface area (TPSA) is 91.8 Å². The molecule has 1 amide bonds. The average Bonchev–Trinajstić information content (AvgIpc) is 2.79. The van der Waals surface area contributed by atoms with E-state index in [1.54, 1.807) is 0 Å². The normalized spacial score (nSPS) is 14.2. The Balaban J connectivity index is 2.04. The highest BCUT2D eigenvalue weighted by Gasteiger charge is 2.36. The van der Waals surface area contributed by atoms with Crippen LogP contribution in [0.2, 0.25) is 0 Å². The summed E-state index contributed by atoms with van der Waals surface area (Å²) in [6.07, 6.45) is 0.792. The minimum absolute atomic E-state index is 0.0101. The number of amides is 1. The predicted molar refractivity (Wildman–Crippen MR) is 87.6 cm³/mol. The summed E-state index contributed by atoms with van der Waals surface area (Å²) in [6, 6.07) is 11.2. The zero-order valence-corrected chi connectivity index (χ0v) is 13.7. The van der Waals surface area contributed by atoms with Crippen LogP contribution < -0.4 is 4.90 Å². The molecule has 3 rings (SSSR count). The lowest BCUT2D eigenvalue weighted by Gasteiger charge is -2.18. The van der Waals surface area contributed by atoms with Crippen LogP contribution in [-0.2, 0) is 27.9 Å². The van der Waals surface area contributed by atoms with Gasteiger partial charge >= 0.3 is 0 Å². The van der Waals surface area contributed by atoms with Gasteiger partial charge in [0.2, 0.25) is 0 Å². The van der Waals surface area contributed by atoms with Crippen molar-refractivity contribution in [2.24, 2.45) is 0 Å². The Kier molecular flexibility index (Phi) is 3.98. The lowest BCUT2D eigenvalue weighted by molar-refractivity contribution is -0.114. The molecule has 0 saturated heterocycles. The van der Waals surface area contributed by atoms with Crippen molar-refractivity contribution in [3.05, 3.63) is 59.2 Å². The van der Waals surface area contributed by atoms with E-state index in [4.69, 9.17) is 4.55 Å². The molecule has 0 bridgehead atoms. The molecule has 124 valence electrons. The fourth-order valence-electron chi connectivity index (χ4n) is 2.82. The van der Waals surface area contributed by atoms with E-state index in [0.29, 0.717) is 5.69 Å². The largest absolute Gasteiger partial charge is 0.300 e. The van der Waals surface area contributed by atoms with E-state index in [2.05, 4.69) is 0 Å². The molecule has 1 N–H and O–H groups in total. The number of carbonyl (C=O) groups excluding carboxylic acids is 2. The molecule has 6 nitrogen and oxygen atoms in total. The number of ketones is 1. The second-order valence-electron chi connectivity index (χ2n) is 5.50. The molecule has 7 heteroatoms. The van der Waals surface area contributed by atoms with Crippen LogP contribution in [-0.4, -0.2) is 24.7 Å². The van der Waals surface area contributed by atoms with Crippen molar-refractivity contribution in [1.29, 1.82) is 0 Å². The average molecular weight is 345 g/mol. The van der Waals surface area contributed by atoms with E-state index in [-0.39, 0.29) is 12.1 Å². The molecule has 0 atom stereocenters. The van der Waals surface area contributed by atoms with Gasteiger partial charge in [0, 0.05) is 0 Å². The molecule has 0 radical (unpaired) electrons. The zero-order chi connectivity index (χ0) is 17.5. The van der Waals surface area contributed by atoms with Crippen LogP contribution in [0.4, 0.5) is 5.69 Å². The molecule has 1 heterocycles. The summed E-state index contributed by atoms with van der Waals surface area (Å²) in [6.45, 7) is 2.23. The molecule has 2 aromatic carbocycles. The van der Waals surface area contributed by atoms with Gasteiger partial charge < -0.3 is 4.90 Å². The minimum atomic E-state index is -4.43. The molecule has 0 aliphatic carbocycles. The maximum absolute atomic E-state index is 12.3. The molecule has 24 heavy (non-hydrogen) atoms. The van der Waals surface area contributed by atoms with Crippen molar-refractivity contribution in [2.45, 2.75) is 24.8 Å². The van der Waals surface area contributed by atoms with Crippen LogP contribution >= 0.6 is 0 Å². The first-order valence-corrected chi connectivity index (χ1v) is 8.81. The second kappa shape index (κ2) is 5.85. The molecular weight excluding hydrogens is 330 g/mol. The second-order valence-corrected chi connectivity index (χ2v) is 6.92. The number of anilines is 1. The van der Waals surface area contributed by atoms with Gasteiger partial charge in [-0.15, -0.1) is 0 Å². The van der Waals surface area contributed by atoms with Crippen molar-refractivity contribution >= 4 is 27.5 Å². The Bertz CT molecular complexity index is 949. The minimum Gasteiger partial charge on any atom is -0.300 e. The summed E-state index contributed by atoms with van der Waals surface area (Å²) >= 11 is 0. The molecule has 1 aliphatic rings. The molecule has 1 aliphatic heterocycles. The molecule has 0 fully saturated rings. The number of aryl methyl sites for hydroxylation is 1. The van der Waals surface area contributed by atoms with Gasteiger partial charge in [-0.05, 0) is 35.7 Å². The van der Waals surface area contributed by atoms with Gasteiger partial charge in [-0.2, -0.15) is 8.42 Å². The van der Waals surface area contributed by atoms with Gasteiger partial charge in [-0.1, -0.05) is 31.2 Å². The van der Waals surface area contributed by atoms with E-state index in [0.717, 1.165) is 23.6 Å². The fourth-order valence-corrected chi connectivity index (χ4v) is 3.33. The monoisotopic (exact) mass is 345 g/mol. The maximum atomic E-state index is 12.3. The fraction of sp³-hybridized carbons (Fsp3) is 0.176. The summed E-state index contributed by atoms with van der Waals surface area (Å²) in [7, 11) is -4.43. The van der Waals surface area contributed by atoms with Gasteiger partial charge in [0.25, 0.3) is 21.8 Å². The van der Waals surface area contributed by atoms with Crippen LogP contribution in [0.5, 0.6) is 0 Å². The number of nitrogens with zero attached hydrogens (tertiary/aromatic N) is 1. The molecule has 0 saturated carbocycles. The summed E-state index contributed by atoms with van der Waals surface area (Å²) in [5.41, 5.74) is 2.33. The first-order valence-electron chi connectivity index (χ1n) is 7.37. The van der Waals surface area contributed by atoms with Crippen LogP contribution in [0.15, 0.2) is 47.4 Å². The standard InChI is InChI=1S/C17H15NO5S/c1-2-11-5-3-4-6-12(11)10-18-15-8-7-13(24(21,22)23)9-14(15)16(19)17(18)20/h3-9H,2,10H2,1H3,(H,21,22,23). The van der Waals surface area contributed by atoms with Gasteiger partial charge in [0.15, 0.2) is 0 Å². The highest BCUT2D eigenvalue weighted by Crippen LogP contribution is 2.32. The van der Waals surface area contributed by atoms with Crippen LogP contribution in [0.25, 0.3) is 0 Å². The van der Waals surface area contributed by atoms with Gasteiger partial charge in [0.05, 0.1) is 22.7 Å². The first-order chi connectivity index (χ1) is 11.3. The van der Waals surface area contributed by atoms with Crippen molar-refractivity contribution in [2.75, 3.05) is 4.90 Å². The maximum Gasteiger partial charge on any atom is 0.299 e. The predicted octanol–water partition coefficient (Wildman–Crippen LogP) is 2.23. The summed E-state index contributed by atoms with van der Waals surface area (Å²) < 4.78 is 31.5. The van der Waals surface area contributed by atoms with Crippen molar-refractivity contribution in [3.63, 3.8) is 0 Å². The van der Waals surface area contributed by atoms with E-state index in [9.17, 15) is 18.0 Å². The Morgan fingerprint density at radius 3 is 2.33 bits per heavy atom. The van der Waals surface area contributed by atoms with Crippen molar-refractivity contribution < 1.29 is 22.6 Å². The third kappa shape index (κ3) is 2.72. The number of rotatable bonds is 4. The van der Waals surface area contributed by atoms with Gasteiger partial charge in [-0.25, -0.2) is 0 Å². The number of carbonyl (C=O) groups is 2. The zero-order valence-electron chi connectivity index (χ0n) is 12.9. The number of hydrogen-bond acceptors (Lipinski definition) is 4. The summed E-state index contributed by atoms with van der Waals surface area (Å²) in [4.78, 5) is 25.4. The summed E-state index contributed by atoms with van der Waals surface area (Å²) in [5, 5.41) is 0. The van der Waals surface area contributed by atoms with E-state index < -0.39 is 26.7 Å². The Morgan fingerprint density at radius 2 is 1.71 bits per heavy atom. The van der Waals surface area contributed by atoms with E-state index >= 15 is 0 Å². The molecule has 0 aromatic heterocycles. The van der Waals surface area contributed by atoms with Crippen molar-refractivity contribution in [3.8, 4) is 0 Å². The number of hydrogen-bond donors (Lipinski definition) is 1. The van der Waals surface area contributed by atoms with Crippen LogP contribution in [0, 0.1) is 0 Å². The molecule has 2 aromatic rings. The van der Waals surface area contributed by atoms with E-state index in [1.165, 1.54) is 17.0 Å². The third-order valence-electron chi connectivity index (χ3n) is 4.07. The lowest BCUT2D eigenvalue weighted by atomic mass is 10.0. The van der Waals surface area contributed by atoms with Gasteiger partial charge in [-0.3, -0.25) is 14.1 Å². The number of Topliss-reactive ketones (excluding diaryl/α,β-unsaturated/α-hetero) is 1. The van der Waals surface area contributed by atoms with Crippen LogP contribution in [0.1, 0.15) is 28.4 Å². The number of fused-ring (bicyclic) bond motifs is 1. The molecule has 0 unspecified atom stereocenters. The smallest absolute Gasteiger partial charge is 0.299 e. The van der Waals surface area contributed by atoms with Gasteiger partial charge in [0.1, 0.15) is 0 Å². The lowest BCUT2D eigenvalue weighted by Crippen LogP contribution is -2.29. The summed E-state index contributed by atoms with van der Waals surface area (Å²) in [5.74, 6) is -1.48.